The number of methoxy groups -OCH3 is 2. The van der Waals surface area contributed by atoms with Gasteiger partial charge in [-0.3, -0.25) is 9.59 Å². The number of piperidine rings is 1. The molecule has 3 aliphatic heterocycles. The van der Waals surface area contributed by atoms with Crippen molar-refractivity contribution in [2.75, 3.05) is 20.8 Å². The Morgan fingerprint density at radius 1 is 0.763 bits per heavy atom. The number of likely N-dealkylation sites (tertiary alicyclic amines) is 2. The summed E-state index contributed by atoms with van der Waals surface area (Å²) in [5.41, 5.74) is 7.97. The van der Waals surface area contributed by atoms with E-state index in [1.165, 1.54) is 14.2 Å². The van der Waals surface area contributed by atoms with Gasteiger partial charge in [0.05, 0.1) is 63.3 Å². The van der Waals surface area contributed by atoms with Crippen LogP contribution in [-0.2, 0) is 37.0 Å². The maximum atomic E-state index is 14.0. The molecule has 4 N–H and O–H groups in total. The van der Waals surface area contributed by atoms with Crippen molar-refractivity contribution in [1.29, 1.82) is 0 Å². The number of nitrogens with one attached hydrogen (secondary N) is 4. The molecule has 6 atom stereocenters. The highest BCUT2D eigenvalue weighted by Crippen LogP contribution is 2.50. The summed E-state index contributed by atoms with van der Waals surface area (Å²) < 4.78 is 15.9. The Bertz CT molecular complexity index is 2230. The summed E-state index contributed by atoms with van der Waals surface area (Å²) in [5.74, 6) is 1.30. The summed E-state index contributed by atoms with van der Waals surface area (Å²) in [6.45, 7) is 9.12. The number of alkyl carbamates (subject to hydrolysis) is 2. The van der Waals surface area contributed by atoms with Crippen molar-refractivity contribution in [3.63, 3.8) is 0 Å². The molecule has 0 spiro atoms. The largest absolute Gasteiger partial charge is 0.453 e. The Kier molecular flexibility index (Phi) is 11.2. The van der Waals surface area contributed by atoms with Crippen molar-refractivity contribution >= 4 is 24.0 Å². The first kappa shape index (κ1) is 40.1. The van der Waals surface area contributed by atoms with E-state index in [0.29, 0.717) is 31.5 Å². The molecule has 3 fully saturated rings. The van der Waals surface area contributed by atoms with Crippen molar-refractivity contribution in [2.24, 2.45) is 17.8 Å². The van der Waals surface area contributed by atoms with E-state index in [1.807, 2.05) is 49.9 Å². The third-order valence-electron chi connectivity index (χ3n) is 12.6. The third-order valence-corrected chi connectivity index (χ3v) is 12.6. The lowest BCUT2D eigenvalue weighted by atomic mass is 9.93. The third kappa shape index (κ3) is 7.68. The SMILES string of the molecule is COC(=O)NC(C(=O)N1CCCC1c1ncc(-c2ccc3c(c2)COCc2cc(-c4cnc(C5C6CCC(C6)N5C(=O)C(NC(=O)OC)C(C)C)[nH]4)ccc2-3)[nH]1)C(C)C. The number of amides is 4. The number of hydrogen-bond acceptors (Lipinski definition) is 9. The number of benzene rings is 2. The maximum absolute atomic E-state index is 14.0. The van der Waals surface area contributed by atoms with Crippen LogP contribution in [0.15, 0.2) is 48.8 Å². The van der Waals surface area contributed by atoms with Gasteiger partial charge < -0.3 is 44.6 Å². The summed E-state index contributed by atoms with van der Waals surface area (Å²) in [6.07, 6.45) is 6.92. The molecule has 2 aromatic heterocycles. The minimum absolute atomic E-state index is 0.101. The first-order valence-corrected chi connectivity index (χ1v) is 20.7. The summed E-state index contributed by atoms with van der Waals surface area (Å²) >= 11 is 0. The van der Waals surface area contributed by atoms with Gasteiger partial charge in [0.25, 0.3) is 0 Å². The molecule has 4 aromatic rings. The molecule has 0 radical (unpaired) electrons. The van der Waals surface area contributed by atoms with E-state index in [9.17, 15) is 19.2 Å². The fourth-order valence-corrected chi connectivity index (χ4v) is 9.55. The average Bonchev–Trinajstić information content (AvgIpc) is 4.09. The Hall–Kier alpha value is -5.70. The molecule has 15 nitrogen and oxygen atoms in total. The lowest BCUT2D eigenvalue weighted by Gasteiger charge is -2.37. The minimum atomic E-state index is -0.699. The topological polar surface area (TPSA) is 184 Å². The van der Waals surface area contributed by atoms with Gasteiger partial charge >= 0.3 is 12.2 Å². The van der Waals surface area contributed by atoms with Crippen molar-refractivity contribution in [3.05, 3.63) is 71.6 Å². The van der Waals surface area contributed by atoms with Crippen LogP contribution < -0.4 is 10.6 Å². The van der Waals surface area contributed by atoms with E-state index in [0.717, 1.165) is 82.7 Å². The van der Waals surface area contributed by atoms with Gasteiger partial charge in [0.15, 0.2) is 0 Å². The van der Waals surface area contributed by atoms with Gasteiger partial charge in [-0.15, -0.1) is 0 Å². The molecule has 2 aromatic carbocycles. The smallest absolute Gasteiger partial charge is 0.407 e. The summed E-state index contributed by atoms with van der Waals surface area (Å²) in [7, 11) is 2.60. The number of hydrogen-bond donors (Lipinski definition) is 4. The number of carbonyl (C=O) groups excluding carboxylic acids is 4. The number of fused-ring (bicyclic) bond motifs is 5. The molecule has 312 valence electrons. The highest BCUT2D eigenvalue weighted by atomic mass is 16.5. The molecule has 4 aliphatic rings. The maximum Gasteiger partial charge on any atom is 0.407 e. The van der Waals surface area contributed by atoms with Gasteiger partial charge in [0.1, 0.15) is 23.7 Å². The molecule has 5 heterocycles. The van der Waals surface area contributed by atoms with Crippen LogP contribution in [0, 0.1) is 17.8 Å². The fraction of sp³-hybridized carbons (Fsp3) is 0.500. The lowest BCUT2D eigenvalue weighted by Crippen LogP contribution is -2.54. The number of aromatic amines is 2. The first-order valence-electron chi connectivity index (χ1n) is 20.7. The normalized spacial score (nSPS) is 21.8. The lowest BCUT2D eigenvalue weighted by molar-refractivity contribution is -0.139. The summed E-state index contributed by atoms with van der Waals surface area (Å²) in [4.78, 5) is 72.2. The van der Waals surface area contributed by atoms with Gasteiger partial charge in [-0.25, -0.2) is 19.6 Å². The molecule has 2 saturated heterocycles. The number of ether oxygens (including phenoxy) is 3. The fourth-order valence-electron chi connectivity index (χ4n) is 9.55. The highest BCUT2D eigenvalue weighted by Gasteiger charge is 2.51. The first-order chi connectivity index (χ1) is 28.4. The van der Waals surface area contributed by atoms with Crippen molar-refractivity contribution in [3.8, 4) is 33.6 Å². The number of rotatable bonds is 10. The number of imidazole rings is 2. The van der Waals surface area contributed by atoms with E-state index in [4.69, 9.17) is 24.2 Å². The molecule has 2 bridgehead atoms. The van der Waals surface area contributed by atoms with Crippen molar-refractivity contribution in [2.45, 2.75) is 103 Å². The summed E-state index contributed by atoms with van der Waals surface area (Å²) in [5, 5.41) is 5.47. The molecular weight excluding hydrogens is 753 g/mol. The zero-order valence-electron chi connectivity index (χ0n) is 34.5. The van der Waals surface area contributed by atoms with Gasteiger partial charge in [-0.05, 0) is 95.4 Å². The molecule has 4 amide bonds. The second-order valence-corrected chi connectivity index (χ2v) is 16.9. The van der Waals surface area contributed by atoms with Gasteiger partial charge in [0, 0.05) is 12.6 Å². The van der Waals surface area contributed by atoms with Crippen LogP contribution in [0.3, 0.4) is 0 Å². The molecule has 1 aliphatic carbocycles. The van der Waals surface area contributed by atoms with E-state index in [2.05, 4.69) is 57.0 Å². The average molecular weight is 807 g/mol. The quantitative estimate of drug-likeness (QED) is 0.136. The number of H-pyrrole nitrogens is 2. The standard InChI is InChI=1S/C44H54N8O7/c1-23(2)36(49-43(55)57-5)41(53)51-15-7-8-35(51)39-45-19-33(47-39)25-10-13-31-28(16-25)21-59-22-29-17-26(11-14-32(29)31)34-20-46-40(48-34)38-27-9-12-30(18-27)52(38)42(54)37(24(3)4)50-44(56)58-6/h10-11,13-14,16-17,19-20,23-24,27,30,35-38H,7-9,12,15,18,21-22H2,1-6H3,(H,45,47)(H,46,48)(H,49,55)(H,50,56). The van der Waals surface area contributed by atoms with E-state index in [-0.39, 0.29) is 41.8 Å². The second-order valence-electron chi connectivity index (χ2n) is 16.9. The molecule has 8 rings (SSSR count). The molecule has 6 unspecified atom stereocenters. The van der Waals surface area contributed by atoms with Gasteiger partial charge in [-0.2, -0.15) is 0 Å². The van der Waals surface area contributed by atoms with Gasteiger partial charge in [0.2, 0.25) is 11.8 Å². The van der Waals surface area contributed by atoms with Crippen LogP contribution in [0.25, 0.3) is 33.6 Å². The second kappa shape index (κ2) is 16.5. The predicted molar refractivity (Wildman–Crippen MR) is 218 cm³/mol. The Morgan fingerprint density at radius 2 is 1.32 bits per heavy atom. The van der Waals surface area contributed by atoms with E-state index in [1.54, 1.807) is 0 Å². The number of nitrogens with zero attached hydrogens (tertiary/aromatic N) is 4. The Labute approximate surface area is 344 Å². The molecule has 15 heteroatoms. The van der Waals surface area contributed by atoms with Crippen LogP contribution in [0.4, 0.5) is 9.59 Å². The van der Waals surface area contributed by atoms with Gasteiger partial charge in [-0.1, -0.05) is 52.0 Å². The van der Waals surface area contributed by atoms with E-state index < -0.39 is 24.3 Å². The zero-order chi connectivity index (χ0) is 41.5. The highest BCUT2D eigenvalue weighted by molar-refractivity contribution is 5.87. The van der Waals surface area contributed by atoms with Crippen LogP contribution >= 0.6 is 0 Å². The number of carbonyl (C=O) groups is 4. The van der Waals surface area contributed by atoms with Crippen molar-refractivity contribution in [1.82, 2.24) is 40.4 Å². The van der Waals surface area contributed by atoms with Crippen LogP contribution in [0.1, 0.15) is 94.7 Å². The molecular formula is C44H54N8O7. The number of aromatic nitrogens is 4. The molecule has 1 saturated carbocycles. The van der Waals surface area contributed by atoms with Crippen LogP contribution in [0.2, 0.25) is 0 Å². The van der Waals surface area contributed by atoms with Crippen molar-refractivity contribution < 1.29 is 33.4 Å². The minimum Gasteiger partial charge on any atom is -0.453 e. The molecule has 59 heavy (non-hydrogen) atoms. The zero-order valence-corrected chi connectivity index (χ0v) is 34.5. The Balaban J connectivity index is 0.998. The monoisotopic (exact) mass is 806 g/mol. The van der Waals surface area contributed by atoms with E-state index >= 15 is 0 Å². The summed E-state index contributed by atoms with van der Waals surface area (Å²) in [6, 6.07) is 11.0. The van der Waals surface area contributed by atoms with Crippen LogP contribution in [-0.4, -0.2) is 92.6 Å². The van der Waals surface area contributed by atoms with Crippen LogP contribution in [0.5, 0.6) is 0 Å². The predicted octanol–water partition coefficient (Wildman–Crippen LogP) is 6.64. The Morgan fingerprint density at radius 3 is 1.90 bits per heavy atom.